The zero-order valence-electron chi connectivity index (χ0n) is 15.6. The summed E-state index contributed by atoms with van der Waals surface area (Å²) in [5.41, 5.74) is 1.44. The van der Waals surface area contributed by atoms with Crippen LogP contribution in [0.5, 0.6) is 0 Å². The molecular formula is C18H39NO2S. The molecule has 0 saturated carbocycles. The van der Waals surface area contributed by atoms with Crippen LogP contribution in [0.1, 0.15) is 67.2 Å². The smallest absolute Gasteiger partial charge is 0.0942 e. The lowest BCUT2D eigenvalue weighted by atomic mass is 9.76. The second kappa shape index (κ2) is 12.3. The molecule has 0 aliphatic heterocycles. The molecule has 0 aromatic rings. The Morgan fingerprint density at radius 1 is 1.09 bits per heavy atom. The Balaban J connectivity index is 0. The first-order valence-corrected chi connectivity index (χ1v) is 9.06. The average molecular weight is 334 g/mol. The Bertz CT molecular complexity index is 291. The molecular weight excluding hydrogens is 294 g/mol. The lowest BCUT2D eigenvalue weighted by Gasteiger charge is -2.32. The summed E-state index contributed by atoms with van der Waals surface area (Å²) in [5, 5.41) is 21.2. The molecule has 0 saturated heterocycles. The summed E-state index contributed by atoms with van der Waals surface area (Å²) in [7, 11) is 0. The van der Waals surface area contributed by atoms with Crippen LogP contribution in [-0.4, -0.2) is 35.2 Å². The van der Waals surface area contributed by atoms with Crippen LogP contribution < -0.4 is 5.32 Å². The fourth-order valence-electron chi connectivity index (χ4n) is 2.16. The van der Waals surface area contributed by atoms with Crippen molar-refractivity contribution in [1.29, 1.82) is 0 Å². The van der Waals surface area contributed by atoms with E-state index in [-0.39, 0.29) is 12.0 Å². The third-order valence-electron chi connectivity index (χ3n) is 3.76. The molecule has 0 amide bonds. The van der Waals surface area contributed by atoms with Crippen molar-refractivity contribution in [3.8, 4) is 0 Å². The van der Waals surface area contributed by atoms with Gasteiger partial charge < -0.3 is 15.5 Å². The number of hydrogen-bond donors (Lipinski definition) is 4. The van der Waals surface area contributed by atoms with E-state index in [1.54, 1.807) is 0 Å². The van der Waals surface area contributed by atoms with Crippen molar-refractivity contribution in [2.24, 2.45) is 10.8 Å². The van der Waals surface area contributed by atoms with Gasteiger partial charge in [0.25, 0.3) is 0 Å². The summed E-state index contributed by atoms with van der Waals surface area (Å²) < 4.78 is 0. The van der Waals surface area contributed by atoms with E-state index in [9.17, 15) is 5.11 Å². The predicted molar refractivity (Wildman–Crippen MR) is 101 cm³/mol. The molecule has 0 radical (unpaired) electrons. The maximum absolute atomic E-state index is 9.31. The van der Waals surface area contributed by atoms with Crippen LogP contribution in [-0.2, 0) is 0 Å². The fraction of sp³-hybridized carbons (Fsp3) is 0.889. The Morgan fingerprint density at radius 3 is 2.05 bits per heavy atom. The highest BCUT2D eigenvalue weighted by Gasteiger charge is 2.24. The molecule has 1 unspecified atom stereocenters. The zero-order valence-corrected chi connectivity index (χ0v) is 16.5. The van der Waals surface area contributed by atoms with Gasteiger partial charge in [-0.3, -0.25) is 0 Å². The van der Waals surface area contributed by atoms with Gasteiger partial charge in [0.15, 0.2) is 0 Å². The Morgan fingerprint density at radius 2 is 1.59 bits per heavy atom. The minimum atomic E-state index is -0.718. The highest BCUT2D eigenvalue weighted by Crippen LogP contribution is 2.36. The second-order valence-corrected chi connectivity index (χ2v) is 7.75. The number of rotatable bonds is 11. The summed E-state index contributed by atoms with van der Waals surface area (Å²) >= 11 is 4.32. The highest BCUT2D eigenvalue weighted by molar-refractivity contribution is 7.80. The lowest BCUT2D eigenvalue weighted by molar-refractivity contribution is 0.0958. The van der Waals surface area contributed by atoms with Gasteiger partial charge in [0.1, 0.15) is 0 Å². The predicted octanol–water partition coefficient (Wildman–Crippen LogP) is 4.01. The number of aliphatic hydroxyl groups is 2. The van der Waals surface area contributed by atoms with Gasteiger partial charge in [0, 0.05) is 12.2 Å². The number of hydrogen-bond acceptors (Lipinski definition) is 4. The van der Waals surface area contributed by atoms with Crippen molar-refractivity contribution in [1.82, 2.24) is 5.32 Å². The molecule has 1 atom stereocenters. The van der Waals surface area contributed by atoms with E-state index in [1.807, 2.05) is 13.8 Å². The van der Waals surface area contributed by atoms with Gasteiger partial charge in [-0.25, -0.2) is 0 Å². The molecule has 0 bridgehead atoms. The monoisotopic (exact) mass is 333 g/mol. The van der Waals surface area contributed by atoms with Crippen LogP contribution in [0.15, 0.2) is 12.3 Å². The topological polar surface area (TPSA) is 52.5 Å². The van der Waals surface area contributed by atoms with Gasteiger partial charge in [0.05, 0.1) is 12.7 Å². The zero-order chi connectivity index (χ0) is 17.8. The molecule has 0 spiro atoms. The molecule has 3 N–H and O–H groups in total. The lowest BCUT2D eigenvalue weighted by Crippen LogP contribution is -2.30. The van der Waals surface area contributed by atoms with E-state index in [1.165, 1.54) is 6.42 Å². The van der Waals surface area contributed by atoms with E-state index in [2.05, 4.69) is 52.2 Å². The van der Waals surface area contributed by atoms with Crippen LogP contribution >= 0.6 is 12.6 Å². The highest BCUT2D eigenvalue weighted by atomic mass is 32.1. The molecule has 134 valence electrons. The Hall–Kier alpha value is -0.190. The first-order valence-electron chi connectivity index (χ1n) is 8.43. The maximum atomic E-state index is 9.31. The van der Waals surface area contributed by atoms with Crippen molar-refractivity contribution < 1.29 is 10.2 Å². The molecule has 22 heavy (non-hydrogen) atoms. The van der Waals surface area contributed by atoms with Crippen LogP contribution in [0.25, 0.3) is 0 Å². The normalized spacial score (nSPS) is 13.1. The number of thiol groups is 1. The number of aliphatic hydroxyl groups excluding tert-OH is 2. The first kappa shape index (κ1) is 24.1. The molecule has 0 heterocycles. The van der Waals surface area contributed by atoms with Gasteiger partial charge in [-0.05, 0) is 42.3 Å². The van der Waals surface area contributed by atoms with Crippen LogP contribution in [0.4, 0.5) is 0 Å². The van der Waals surface area contributed by atoms with Gasteiger partial charge in [-0.15, -0.1) is 0 Å². The van der Waals surface area contributed by atoms with Crippen molar-refractivity contribution >= 4 is 12.6 Å². The minimum Gasteiger partial charge on any atom is -0.394 e. The SMILES string of the molecule is C=C(CC(C)(C)CCC(C)(C)CCS)NCC(O)CO.CC. The van der Waals surface area contributed by atoms with Gasteiger partial charge in [-0.2, -0.15) is 12.6 Å². The van der Waals surface area contributed by atoms with E-state index in [0.29, 0.717) is 12.0 Å². The Labute approximate surface area is 144 Å². The third-order valence-corrected chi connectivity index (χ3v) is 3.98. The summed E-state index contributed by atoms with van der Waals surface area (Å²) in [4.78, 5) is 0. The molecule has 0 aliphatic rings. The molecule has 3 nitrogen and oxygen atoms in total. The van der Waals surface area contributed by atoms with Crippen molar-refractivity contribution in [2.45, 2.75) is 73.3 Å². The molecule has 4 heteroatoms. The van der Waals surface area contributed by atoms with Crippen LogP contribution in [0.3, 0.4) is 0 Å². The summed E-state index contributed by atoms with van der Waals surface area (Å²) in [5.74, 6) is 0.931. The molecule has 0 aliphatic carbocycles. The summed E-state index contributed by atoms with van der Waals surface area (Å²) in [6.45, 7) is 17.2. The third kappa shape index (κ3) is 13.5. The van der Waals surface area contributed by atoms with Crippen LogP contribution in [0.2, 0.25) is 0 Å². The molecule has 0 aromatic heterocycles. The average Bonchev–Trinajstić information content (AvgIpc) is 2.44. The number of nitrogens with one attached hydrogen (secondary N) is 1. The first-order chi connectivity index (χ1) is 10.1. The molecule has 0 fully saturated rings. The van der Waals surface area contributed by atoms with E-state index in [4.69, 9.17) is 5.11 Å². The molecule has 0 rings (SSSR count). The largest absolute Gasteiger partial charge is 0.394 e. The quantitative estimate of drug-likeness (QED) is 0.432. The minimum absolute atomic E-state index is 0.183. The summed E-state index contributed by atoms with van der Waals surface area (Å²) in [6.07, 6.45) is 3.60. The summed E-state index contributed by atoms with van der Waals surface area (Å²) in [6, 6.07) is 0. The number of allylic oxidation sites excluding steroid dienone is 1. The van der Waals surface area contributed by atoms with E-state index in [0.717, 1.165) is 30.7 Å². The van der Waals surface area contributed by atoms with Gasteiger partial charge in [0.2, 0.25) is 0 Å². The van der Waals surface area contributed by atoms with E-state index < -0.39 is 6.10 Å². The van der Waals surface area contributed by atoms with Crippen LogP contribution in [0, 0.1) is 10.8 Å². The van der Waals surface area contributed by atoms with Gasteiger partial charge in [-0.1, -0.05) is 48.1 Å². The fourth-order valence-corrected chi connectivity index (χ4v) is 2.77. The standard InChI is InChI=1S/C16H33NO2S.C2H6/c1-13(17-11-14(19)12-18)10-16(4,5)7-6-15(2,3)8-9-20;1-2/h14,17-20H,1,6-12H2,2-5H3;1-2H3. The van der Waals surface area contributed by atoms with Crippen molar-refractivity contribution in [2.75, 3.05) is 18.9 Å². The Kier molecular flexibility index (Phi) is 13.4. The van der Waals surface area contributed by atoms with Crippen molar-refractivity contribution in [3.05, 3.63) is 12.3 Å². The van der Waals surface area contributed by atoms with Gasteiger partial charge >= 0.3 is 0 Å². The maximum Gasteiger partial charge on any atom is 0.0942 e. The van der Waals surface area contributed by atoms with Crippen molar-refractivity contribution in [3.63, 3.8) is 0 Å². The van der Waals surface area contributed by atoms with E-state index >= 15 is 0 Å². The molecule has 0 aromatic carbocycles. The second-order valence-electron chi connectivity index (χ2n) is 7.30.